The Morgan fingerprint density at radius 2 is 2.10 bits per heavy atom. The van der Waals surface area contributed by atoms with Crippen molar-refractivity contribution in [2.24, 2.45) is 0 Å². The normalized spacial score (nSPS) is 25.8. The summed E-state index contributed by atoms with van der Waals surface area (Å²) in [4.78, 5) is 0.163. The van der Waals surface area contributed by atoms with Gasteiger partial charge in [-0.05, 0) is 41.6 Å². The number of nitrogens with one attached hydrogen (secondary N) is 2. The van der Waals surface area contributed by atoms with Crippen molar-refractivity contribution >= 4 is 26.0 Å². The van der Waals surface area contributed by atoms with Gasteiger partial charge >= 0.3 is 0 Å². The summed E-state index contributed by atoms with van der Waals surface area (Å²) in [5.41, 5.74) is 0. The maximum absolute atomic E-state index is 12.4. The molecular weight excluding hydrogens is 360 g/mol. The molecule has 21 heavy (non-hydrogen) atoms. The Labute approximate surface area is 132 Å². The number of furan rings is 1. The predicted molar refractivity (Wildman–Crippen MR) is 80.4 cm³/mol. The highest BCUT2D eigenvalue weighted by atomic mass is 79.9. The third-order valence-electron chi connectivity index (χ3n) is 3.89. The van der Waals surface area contributed by atoms with Crippen LogP contribution in [-0.2, 0) is 21.3 Å². The van der Waals surface area contributed by atoms with Crippen molar-refractivity contribution < 1.29 is 17.6 Å². The Morgan fingerprint density at radius 1 is 1.38 bits per heavy atom. The number of methoxy groups -OCH3 is 1. The summed E-state index contributed by atoms with van der Waals surface area (Å²) >= 11 is 3.19. The van der Waals surface area contributed by atoms with E-state index in [1.165, 1.54) is 12.8 Å². The summed E-state index contributed by atoms with van der Waals surface area (Å²) < 4.78 is 38.3. The molecule has 0 bridgehead atoms. The molecule has 6 nitrogen and oxygen atoms in total. The molecule has 2 aliphatic carbocycles. The van der Waals surface area contributed by atoms with Gasteiger partial charge < -0.3 is 14.5 Å². The summed E-state index contributed by atoms with van der Waals surface area (Å²) in [6.45, 7) is 0.550. The van der Waals surface area contributed by atoms with E-state index >= 15 is 0 Å². The molecule has 1 aromatic heterocycles. The number of halogens is 1. The molecule has 0 saturated heterocycles. The molecule has 118 valence electrons. The standard InChI is InChI=1S/C13H19BrN2O4S/c1-19-10-4-9(5-10)16-21(17,18)12-6-11(20-13(12)14)7-15-8-2-3-8/h6,8-10,15-16H,2-5,7H2,1H3. The van der Waals surface area contributed by atoms with Gasteiger partial charge in [-0.25, -0.2) is 13.1 Å². The minimum absolute atomic E-state index is 0.0604. The molecule has 2 N–H and O–H groups in total. The van der Waals surface area contributed by atoms with Crippen LogP contribution in [0.3, 0.4) is 0 Å². The fraction of sp³-hybridized carbons (Fsp3) is 0.692. The van der Waals surface area contributed by atoms with E-state index in [0.717, 1.165) is 0 Å². The first-order valence-corrected chi connectivity index (χ1v) is 9.32. The quantitative estimate of drug-likeness (QED) is 0.755. The molecule has 3 rings (SSSR count). The lowest BCUT2D eigenvalue weighted by Crippen LogP contribution is -2.47. The van der Waals surface area contributed by atoms with Gasteiger partial charge in [-0.3, -0.25) is 0 Å². The van der Waals surface area contributed by atoms with Gasteiger partial charge in [0.15, 0.2) is 4.67 Å². The number of sulfonamides is 1. The zero-order valence-electron chi connectivity index (χ0n) is 11.8. The molecule has 0 aromatic carbocycles. The summed E-state index contributed by atoms with van der Waals surface area (Å²) in [5.74, 6) is 0.623. The number of ether oxygens (including phenoxy) is 1. The molecule has 1 aromatic rings. The van der Waals surface area contributed by atoms with Crippen molar-refractivity contribution in [1.82, 2.24) is 10.0 Å². The van der Waals surface area contributed by atoms with E-state index in [1.54, 1.807) is 13.2 Å². The summed E-state index contributed by atoms with van der Waals surface area (Å²) in [5, 5.41) is 3.30. The van der Waals surface area contributed by atoms with E-state index in [2.05, 4.69) is 26.0 Å². The third-order valence-corrected chi connectivity index (χ3v) is 6.27. The first-order chi connectivity index (χ1) is 9.98. The van der Waals surface area contributed by atoms with Crippen LogP contribution in [0.1, 0.15) is 31.4 Å². The Hall–Kier alpha value is -0.410. The Morgan fingerprint density at radius 3 is 2.71 bits per heavy atom. The third kappa shape index (κ3) is 3.68. The molecule has 0 aliphatic heterocycles. The fourth-order valence-corrected chi connectivity index (χ4v) is 4.60. The molecular formula is C13H19BrN2O4S. The van der Waals surface area contributed by atoms with E-state index in [9.17, 15) is 8.42 Å². The lowest BCUT2D eigenvalue weighted by molar-refractivity contribution is 0.0236. The summed E-state index contributed by atoms with van der Waals surface area (Å²) in [7, 11) is -1.92. The topological polar surface area (TPSA) is 80.6 Å². The average molecular weight is 379 g/mol. The predicted octanol–water partition coefficient (Wildman–Crippen LogP) is 1.75. The molecule has 2 saturated carbocycles. The zero-order chi connectivity index (χ0) is 15.0. The lowest BCUT2D eigenvalue weighted by atomic mass is 9.90. The maximum Gasteiger partial charge on any atom is 0.245 e. The second kappa shape index (κ2) is 6.00. The highest BCUT2D eigenvalue weighted by molar-refractivity contribution is 9.10. The molecule has 0 unspecified atom stereocenters. The van der Waals surface area contributed by atoms with E-state index in [4.69, 9.17) is 9.15 Å². The second-order valence-corrected chi connectivity index (χ2v) is 8.06. The molecule has 0 radical (unpaired) electrons. The lowest BCUT2D eigenvalue weighted by Gasteiger charge is -2.34. The SMILES string of the molecule is COC1CC(NS(=O)(=O)c2cc(CNC3CC3)oc2Br)C1. The van der Waals surface area contributed by atoms with Gasteiger partial charge in [0.25, 0.3) is 0 Å². The Kier molecular flexibility index (Phi) is 4.42. The van der Waals surface area contributed by atoms with Crippen molar-refractivity contribution in [2.75, 3.05) is 7.11 Å². The van der Waals surface area contributed by atoms with Gasteiger partial charge in [0.2, 0.25) is 10.0 Å². The summed E-state index contributed by atoms with van der Waals surface area (Å²) in [6, 6.07) is 2.07. The van der Waals surface area contributed by atoms with Gasteiger partial charge in [-0.15, -0.1) is 0 Å². The number of hydrogen-bond acceptors (Lipinski definition) is 5. The van der Waals surface area contributed by atoms with Crippen molar-refractivity contribution in [3.63, 3.8) is 0 Å². The average Bonchev–Trinajstić information content (AvgIpc) is 3.13. The van der Waals surface area contributed by atoms with Crippen molar-refractivity contribution in [1.29, 1.82) is 0 Å². The zero-order valence-corrected chi connectivity index (χ0v) is 14.2. The fourth-order valence-electron chi connectivity index (χ4n) is 2.34. The van der Waals surface area contributed by atoms with Crippen molar-refractivity contribution in [3.05, 3.63) is 16.5 Å². The minimum atomic E-state index is -3.56. The van der Waals surface area contributed by atoms with Gasteiger partial charge in [0.05, 0.1) is 12.6 Å². The van der Waals surface area contributed by atoms with Crippen LogP contribution in [0, 0.1) is 0 Å². The van der Waals surface area contributed by atoms with Crippen molar-refractivity contribution in [3.8, 4) is 0 Å². The largest absolute Gasteiger partial charge is 0.452 e. The first kappa shape index (κ1) is 15.5. The minimum Gasteiger partial charge on any atom is -0.452 e. The molecule has 8 heteroatoms. The maximum atomic E-state index is 12.4. The van der Waals surface area contributed by atoms with Crippen LogP contribution in [0.2, 0.25) is 0 Å². The van der Waals surface area contributed by atoms with Crippen LogP contribution >= 0.6 is 15.9 Å². The van der Waals surface area contributed by atoms with Crippen LogP contribution in [0.15, 0.2) is 20.0 Å². The van der Waals surface area contributed by atoms with Crippen LogP contribution in [0.4, 0.5) is 0 Å². The Bertz CT molecular complexity index is 606. The molecule has 2 fully saturated rings. The molecule has 0 atom stereocenters. The van der Waals surface area contributed by atoms with Gasteiger partial charge in [0.1, 0.15) is 10.7 Å². The van der Waals surface area contributed by atoms with Gasteiger partial charge in [0, 0.05) is 25.3 Å². The monoisotopic (exact) mass is 378 g/mol. The van der Waals surface area contributed by atoms with Crippen molar-refractivity contribution in [2.45, 2.75) is 55.3 Å². The van der Waals surface area contributed by atoms with Crippen LogP contribution in [0.25, 0.3) is 0 Å². The van der Waals surface area contributed by atoms with E-state index in [0.29, 0.717) is 31.2 Å². The first-order valence-electron chi connectivity index (χ1n) is 7.04. The number of rotatable bonds is 7. The van der Waals surface area contributed by atoms with E-state index in [1.807, 2.05) is 0 Å². The van der Waals surface area contributed by atoms with Gasteiger partial charge in [-0.1, -0.05) is 0 Å². The molecule has 0 spiro atoms. The van der Waals surface area contributed by atoms with Gasteiger partial charge in [-0.2, -0.15) is 0 Å². The highest BCUT2D eigenvalue weighted by Gasteiger charge is 2.34. The smallest absolute Gasteiger partial charge is 0.245 e. The molecule has 1 heterocycles. The second-order valence-electron chi connectivity index (χ2n) is 5.65. The molecule has 2 aliphatic rings. The van der Waals surface area contributed by atoms with Crippen LogP contribution in [0.5, 0.6) is 0 Å². The van der Waals surface area contributed by atoms with Crippen LogP contribution < -0.4 is 10.0 Å². The van der Waals surface area contributed by atoms with Crippen LogP contribution in [-0.4, -0.2) is 33.7 Å². The van der Waals surface area contributed by atoms with E-state index in [-0.39, 0.29) is 21.7 Å². The Balaban J connectivity index is 1.63. The highest BCUT2D eigenvalue weighted by Crippen LogP contribution is 2.29. The summed E-state index contributed by atoms with van der Waals surface area (Å²) in [6.07, 6.45) is 3.93. The van der Waals surface area contributed by atoms with E-state index < -0.39 is 10.0 Å². The molecule has 0 amide bonds. The number of hydrogen-bond donors (Lipinski definition) is 2.